The van der Waals surface area contributed by atoms with Gasteiger partial charge in [0.1, 0.15) is 0 Å². The van der Waals surface area contributed by atoms with E-state index >= 15 is 0 Å². The van der Waals surface area contributed by atoms with Gasteiger partial charge >= 0.3 is 0 Å². The molecule has 0 aliphatic heterocycles. The molecule has 0 saturated heterocycles. The Morgan fingerprint density at radius 2 is 1.75 bits per heavy atom. The fourth-order valence-electron chi connectivity index (χ4n) is 2.22. The van der Waals surface area contributed by atoms with Gasteiger partial charge in [-0.3, -0.25) is 0 Å². The van der Waals surface area contributed by atoms with E-state index in [9.17, 15) is 0 Å². The van der Waals surface area contributed by atoms with Crippen molar-refractivity contribution >= 4 is 5.69 Å². The van der Waals surface area contributed by atoms with E-state index in [2.05, 4.69) is 62.5 Å². The summed E-state index contributed by atoms with van der Waals surface area (Å²) in [6.45, 7) is 6.44. The minimum Gasteiger partial charge on any atom is -0.382 e. The summed E-state index contributed by atoms with van der Waals surface area (Å²) in [6, 6.07) is 18.8. The highest BCUT2D eigenvalue weighted by atomic mass is 14.9. The lowest BCUT2D eigenvalue weighted by molar-refractivity contribution is 0.650. The molecule has 0 radical (unpaired) electrons. The van der Waals surface area contributed by atoms with E-state index in [4.69, 9.17) is 5.26 Å². The summed E-state index contributed by atoms with van der Waals surface area (Å²) < 4.78 is 0. The van der Waals surface area contributed by atoms with Gasteiger partial charge in [0.25, 0.3) is 0 Å². The topological polar surface area (TPSA) is 35.8 Å². The zero-order valence-electron chi connectivity index (χ0n) is 12.2. The molecule has 0 heterocycles. The number of aryl methyl sites for hydroxylation is 1. The molecule has 0 aliphatic carbocycles. The van der Waals surface area contributed by atoms with Crippen molar-refractivity contribution in [3.05, 3.63) is 65.2 Å². The Morgan fingerprint density at radius 3 is 2.40 bits per heavy atom. The van der Waals surface area contributed by atoms with Crippen LogP contribution in [0.1, 0.15) is 36.5 Å². The quantitative estimate of drug-likeness (QED) is 0.884. The Bertz CT molecular complexity index is 608. The number of nitrogens with zero attached hydrogens (tertiary/aromatic N) is 1. The number of nitriles is 1. The monoisotopic (exact) mass is 264 g/mol. The lowest BCUT2D eigenvalue weighted by Gasteiger charge is -2.23. The van der Waals surface area contributed by atoms with Gasteiger partial charge < -0.3 is 5.32 Å². The zero-order chi connectivity index (χ0) is 14.5. The highest BCUT2D eigenvalue weighted by Crippen LogP contribution is 2.23. The summed E-state index contributed by atoms with van der Waals surface area (Å²) in [5.41, 5.74) is 4.30. The number of hydrogen-bond acceptors (Lipinski definition) is 2. The molecule has 2 aromatic rings. The molecule has 20 heavy (non-hydrogen) atoms. The molecule has 2 unspecified atom stereocenters. The van der Waals surface area contributed by atoms with Gasteiger partial charge in [-0.25, -0.2) is 0 Å². The van der Waals surface area contributed by atoms with Gasteiger partial charge in [0.15, 0.2) is 0 Å². The molecule has 0 aliphatic rings. The summed E-state index contributed by atoms with van der Waals surface area (Å²) in [5.74, 6) is 0.338. The molecular weight excluding hydrogens is 244 g/mol. The van der Waals surface area contributed by atoms with Crippen LogP contribution in [-0.4, -0.2) is 6.04 Å². The third-order valence-electron chi connectivity index (χ3n) is 3.74. The summed E-state index contributed by atoms with van der Waals surface area (Å²) in [6.07, 6.45) is 0. The number of benzene rings is 2. The van der Waals surface area contributed by atoms with Crippen LogP contribution in [0.3, 0.4) is 0 Å². The molecule has 0 amide bonds. The molecule has 0 saturated carbocycles. The molecule has 0 fully saturated rings. The van der Waals surface area contributed by atoms with E-state index in [-0.39, 0.29) is 0 Å². The molecule has 0 bridgehead atoms. The summed E-state index contributed by atoms with van der Waals surface area (Å²) in [5, 5.41) is 12.5. The van der Waals surface area contributed by atoms with Gasteiger partial charge in [-0.1, -0.05) is 36.8 Å². The van der Waals surface area contributed by atoms with Gasteiger partial charge in [-0.15, -0.1) is 0 Å². The van der Waals surface area contributed by atoms with Crippen LogP contribution in [0.15, 0.2) is 48.5 Å². The van der Waals surface area contributed by atoms with Gasteiger partial charge in [-0.05, 0) is 43.7 Å². The highest BCUT2D eigenvalue weighted by molar-refractivity contribution is 5.46. The molecular formula is C18H20N2. The lowest BCUT2D eigenvalue weighted by Crippen LogP contribution is -2.22. The second-order valence-electron chi connectivity index (χ2n) is 5.32. The molecule has 0 aromatic heterocycles. The summed E-state index contributed by atoms with van der Waals surface area (Å²) in [4.78, 5) is 0. The first-order valence-corrected chi connectivity index (χ1v) is 6.93. The maximum absolute atomic E-state index is 8.98. The second-order valence-corrected chi connectivity index (χ2v) is 5.32. The molecule has 2 heteroatoms. The molecule has 0 spiro atoms. The van der Waals surface area contributed by atoms with Crippen molar-refractivity contribution in [2.75, 3.05) is 5.32 Å². The minimum absolute atomic E-state index is 0.298. The Kier molecular flexibility index (Phi) is 4.42. The maximum atomic E-state index is 8.98. The highest BCUT2D eigenvalue weighted by Gasteiger charge is 2.14. The van der Waals surface area contributed by atoms with Crippen LogP contribution in [0.2, 0.25) is 0 Å². The number of rotatable bonds is 4. The van der Waals surface area contributed by atoms with Crippen molar-refractivity contribution in [1.29, 1.82) is 5.26 Å². The van der Waals surface area contributed by atoms with E-state index in [1.165, 1.54) is 11.1 Å². The third kappa shape index (κ3) is 3.39. The van der Waals surface area contributed by atoms with Crippen LogP contribution in [0.25, 0.3) is 0 Å². The normalized spacial score (nSPS) is 13.3. The maximum Gasteiger partial charge on any atom is 0.0991 e. The van der Waals surface area contributed by atoms with Gasteiger partial charge in [0.2, 0.25) is 0 Å². The van der Waals surface area contributed by atoms with Crippen LogP contribution in [0, 0.1) is 18.3 Å². The first-order valence-electron chi connectivity index (χ1n) is 6.93. The SMILES string of the molecule is Cc1ccc(NC(C)C(C)c2cccc(C#N)c2)cc1. The smallest absolute Gasteiger partial charge is 0.0991 e. The standard InChI is InChI=1S/C18H20N2/c1-13-7-9-18(10-8-13)20-15(3)14(2)17-6-4-5-16(11-17)12-19/h4-11,14-15,20H,1-3H3. The number of nitrogens with one attached hydrogen (secondary N) is 1. The first-order chi connectivity index (χ1) is 9.60. The van der Waals surface area contributed by atoms with Crippen LogP contribution in [0.4, 0.5) is 5.69 Å². The summed E-state index contributed by atoms with van der Waals surface area (Å²) >= 11 is 0. The zero-order valence-corrected chi connectivity index (χ0v) is 12.2. The minimum atomic E-state index is 0.298. The largest absolute Gasteiger partial charge is 0.382 e. The van der Waals surface area contributed by atoms with Crippen molar-refractivity contribution in [1.82, 2.24) is 0 Å². The Balaban J connectivity index is 2.10. The fourth-order valence-corrected chi connectivity index (χ4v) is 2.22. The molecule has 2 nitrogen and oxygen atoms in total. The van der Waals surface area contributed by atoms with E-state index in [1.807, 2.05) is 18.2 Å². The molecule has 2 rings (SSSR count). The fraction of sp³-hybridized carbons (Fsp3) is 0.278. The van der Waals surface area contributed by atoms with Crippen LogP contribution >= 0.6 is 0 Å². The van der Waals surface area contributed by atoms with E-state index in [0.717, 1.165) is 11.3 Å². The van der Waals surface area contributed by atoms with E-state index < -0.39 is 0 Å². The van der Waals surface area contributed by atoms with Gasteiger partial charge in [-0.2, -0.15) is 5.26 Å². The van der Waals surface area contributed by atoms with E-state index in [0.29, 0.717) is 12.0 Å². The molecule has 2 atom stereocenters. The number of anilines is 1. The van der Waals surface area contributed by atoms with Crippen molar-refractivity contribution in [2.24, 2.45) is 0 Å². The Labute approximate surface area is 121 Å². The third-order valence-corrected chi connectivity index (χ3v) is 3.74. The second kappa shape index (κ2) is 6.25. The average molecular weight is 264 g/mol. The van der Waals surface area contributed by atoms with Crippen molar-refractivity contribution in [3.8, 4) is 6.07 Å². The predicted octanol–water partition coefficient (Wildman–Crippen LogP) is 4.47. The van der Waals surface area contributed by atoms with Crippen molar-refractivity contribution in [2.45, 2.75) is 32.7 Å². The van der Waals surface area contributed by atoms with Crippen molar-refractivity contribution < 1.29 is 0 Å². The van der Waals surface area contributed by atoms with Crippen LogP contribution < -0.4 is 5.32 Å². The summed E-state index contributed by atoms with van der Waals surface area (Å²) in [7, 11) is 0. The average Bonchev–Trinajstić information content (AvgIpc) is 2.48. The molecule has 102 valence electrons. The first kappa shape index (κ1) is 14.1. The van der Waals surface area contributed by atoms with E-state index in [1.54, 1.807) is 0 Å². The van der Waals surface area contributed by atoms with Crippen LogP contribution in [-0.2, 0) is 0 Å². The Morgan fingerprint density at radius 1 is 1.05 bits per heavy atom. The molecule has 1 N–H and O–H groups in total. The molecule has 2 aromatic carbocycles. The van der Waals surface area contributed by atoms with Crippen molar-refractivity contribution in [3.63, 3.8) is 0 Å². The Hall–Kier alpha value is -2.27. The van der Waals surface area contributed by atoms with Gasteiger partial charge in [0.05, 0.1) is 11.6 Å². The van der Waals surface area contributed by atoms with Gasteiger partial charge in [0, 0.05) is 17.6 Å². The van der Waals surface area contributed by atoms with Crippen LogP contribution in [0.5, 0.6) is 0 Å². The lowest BCUT2D eigenvalue weighted by atomic mass is 9.93. The predicted molar refractivity (Wildman–Crippen MR) is 83.8 cm³/mol. The number of hydrogen-bond donors (Lipinski definition) is 1.